The van der Waals surface area contributed by atoms with E-state index in [1.807, 2.05) is 4.90 Å². The van der Waals surface area contributed by atoms with Crippen molar-refractivity contribution in [3.05, 3.63) is 11.6 Å². The lowest BCUT2D eigenvalue weighted by atomic mass is 9.79. The molecule has 0 spiro atoms. The molecule has 108 valence electrons. The van der Waals surface area contributed by atoms with Crippen molar-refractivity contribution < 1.29 is 4.79 Å². The van der Waals surface area contributed by atoms with Crippen LogP contribution in [0.2, 0.25) is 0 Å². The van der Waals surface area contributed by atoms with E-state index in [0.29, 0.717) is 5.91 Å². The SMILES string of the molecule is CC(C)(C)C1=CCN(C(=O)C2(C)CCCNC2)CC1. The second-order valence-electron chi connectivity index (χ2n) is 7.32. The van der Waals surface area contributed by atoms with Crippen molar-refractivity contribution in [2.75, 3.05) is 26.2 Å². The van der Waals surface area contributed by atoms with Gasteiger partial charge in [-0.15, -0.1) is 0 Å². The number of hydrogen-bond acceptors (Lipinski definition) is 2. The van der Waals surface area contributed by atoms with Crippen LogP contribution >= 0.6 is 0 Å². The van der Waals surface area contributed by atoms with Gasteiger partial charge in [0.15, 0.2) is 0 Å². The zero-order valence-corrected chi connectivity index (χ0v) is 12.9. The Bertz CT molecular complexity index is 373. The molecule has 3 heteroatoms. The summed E-state index contributed by atoms with van der Waals surface area (Å²) in [5.74, 6) is 0.337. The Morgan fingerprint density at radius 2 is 2.16 bits per heavy atom. The zero-order valence-electron chi connectivity index (χ0n) is 12.9. The molecule has 0 aromatic heterocycles. The second kappa shape index (κ2) is 5.28. The van der Waals surface area contributed by atoms with E-state index in [1.54, 1.807) is 0 Å². The minimum atomic E-state index is -0.189. The highest BCUT2D eigenvalue weighted by molar-refractivity contribution is 5.83. The summed E-state index contributed by atoms with van der Waals surface area (Å²) >= 11 is 0. The molecule has 1 amide bonds. The first-order valence-corrected chi connectivity index (χ1v) is 7.52. The predicted molar refractivity (Wildman–Crippen MR) is 78.9 cm³/mol. The van der Waals surface area contributed by atoms with Gasteiger partial charge in [-0.3, -0.25) is 4.79 Å². The first-order valence-electron chi connectivity index (χ1n) is 7.52. The normalized spacial score (nSPS) is 29.1. The largest absolute Gasteiger partial charge is 0.338 e. The second-order valence-corrected chi connectivity index (χ2v) is 7.32. The Labute approximate surface area is 117 Å². The first-order chi connectivity index (χ1) is 8.83. The number of rotatable bonds is 1. The molecule has 2 aliphatic heterocycles. The zero-order chi connectivity index (χ0) is 14.1. The van der Waals surface area contributed by atoms with Crippen LogP contribution in [0.15, 0.2) is 11.6 Å². The van der Waals surface area contributed by atoms with Crippen LogP contribution in [0, 0.1) is 10.8 Å². The van der Waals surface area contributed by atoms with Crippen molar-refractivity contribution in [3.63, 3.8) is 0 Å². The molecular weight excluding hydrogens is 236 g/mol. The van der Waals surface area contributed by atoms with Crippen LogP contribution in [-0.2, 0) is 4.79 Å². The Hall–Kier alpha value is -0.830. The number of hydrogen-bond donors (Lipinski definition) is 1. The molecule has 3 nitrogen and oxygen atoms in total. The lowest BCUT2D eigenvalue weighted by Crippen LogP contribution is -2.51. The molecule has 19 heavy (non-hydrogen) atoms. The molecule has 0 aliphatic carbocycles. The molecule has 1 N–H and O–H groups in total. The highest BCUT2D eigenvalue weighted by Crippen LogP contribution is 2.33. The van der Waals surface area contributed by atoms with E-state index in [-0.39, 0.29) is 10.8 Å². The molecule has 0 bridgehead atoms. The molecule has 1 atom stereocenters. The van der Waals surface area contributed by atoms with Crippen molar-refractivity contribution in [1.29, 1.82) is 0 Å². The van der Waals surface area contributed by atoms with E-state index in [9.17, 15) is 4.79 Å². The van der Waals surface area contributed by atoms with Crippen LogP contribution in [0.4, 0.5) is 0 Å². The fourth-order valence-corrected chi connectivity index (χ4v) is 3.16. The Balaban J connectivity index is 2.01. The number of piperidine rings is 1. The summed E-state index contributed by atoms with van der Waals surface area (Å²) < 4.78 is 0. The number of nitrogens with zero attached hydrogens (tertiary/aromatic N) is 1. The van der Waals surface area contributed by atoms with Crippen LogP contribution in [0.3, 0.4) is 0 Å². The average molecular weight is 264 g/mol. The summed E-state index contributed by atoms with van der Waals surface area (Å²) in [7, 11) is 0. The molecule has 0 radical (unpaired) electrons. The van der Waals surface area contributed by atoms with E-state index in [2.05, 4.69) is 39.1 Å². The van der Waals surface area contributed by atoms with Crippen LogP contribution in [0.1, 0.15) is 47.0 Å². The van der Waals surface area contributed by atoms with Gasteiger partial charge in [-0.25, -0.2) is 0 Å². The minimum Gasteiger partial charge on any atom is -0.338 e. The Morgan fingerprint density at radius 3 is 2.63 bits per heavy atom. The quantitative estimate of drug-likeness (QED) is 0.738. The van der Waals surface area contributed by atoms with Gasteiger partial charge in [0.05, 0.1) is 5.41 Å². The molecule has 1 fully saturated rings. The molecule has 2 aliphatic rings. The third kappa shape index (κ3) is 3.19. The first kappa shape index (κ1) is 14.6. The summed E-state index contributed by atoms with van der Waals surface area (Å²) in [6.45, 7) is 12.4. The maximum Gasteiger partial charge on any atom is 0.230 e. The van der Waals surface area contributed by atoms with Gasteiger partial charge in [0, 0.05) is 19.6 Å². The van der Waals surface area contributed by atoms with E-state index in [0.717, 1.165) is 45.4 Å². The number of carbonyl (C=O) groups excluding carboxylic acids is 1. The van der Waals surface area contributed by atoms with Crippen molar-refractivity contribution >= 4 is 5.91 Å². The van der Waals surface area contributed by atoms with E-state index in [4.69, 9.17) is 0 Å². The molecule has 1 saturated heterocycles. The van der Waals surface area contributed by atoms with Crippen LogP contribution < -0.4 is 5.32 Å². The smallest absolute Gasteiger partial charge is 0.230 e. The molecule has 0 aromatic rings. The molecule has 0 saturated carbocycles. The van der Waals surface area contributed by atoms with Crippen LogP contribution in [-0.4, -0.2) is 37.0 Å². The lowest BCUT2D eigenvalue weighted by molar-refractivity contribution is -0.142. The van der Waals surface area contributed by atoms with Gasteiger partial charge < -0.3 is 10.2 Å². The van der Waals surface area contributed by atoms with Crippen molar-refractivity contribution in [2.45, 2.75) is 47.0 Å². The molecule has 2 rings (SSSR count). The van der Waals surface area contributed by atoms with Crippen molar-refractivity contribution in [3.8, 4) is 0 Å². The Kier molecular flexibility index (Phi) is 4.05. The molecule has 2 heterocycles. The highest BCUT2D eigenvalue weighted by atomic mass is 16.2. The molecule has 0 aromatic carbocycles. The maximum absolute atomic E-state index is 12.7. The number of amides is 1. The van der Waals surface area contributed by atoms with Gasteiger partial charge in [-0.05, 0) is 38.1 Å². The van der Waals surface area contributed by atoms with Gasteiger partial charge in [-0.1, -0.05) is 32.4 Å². The summed E-state index contributed by atoms with van der Waals surface area (Å²) in [5, 5.41) is 3.37. The van der Waals surface area contributed by atoms with Gasteiger partial charge in [0.2, 0.25) is 5.91 Å². The van der Waals surface area contributed by atoms with Crippen LogP contribution in [0.25, 0.3) is 0 Å². The van der Waals surface area contributed by atoms with Gasteiger partial charge in [0.25, 0.3) is 0 Å². The van der Waals surface area contributed by atoms with E-state index < -0.39 is 0 Å². The summed E-state index contributed by atoms with van der Waals surface area (Å²) in [5.41, 5.74) is 1.54. The van der Waals surface area contributed by atoms with Crippen molar-refractivity contribution in [2.24, 2.45) is 10.8 Å². The fourth-order valence-electron chi connectivity index (χ4n) is 3.16. The maximum atomic E-state index is 12.7. The highest BCUT2D eigenvalue weighted by Gasteiger charge is 2.38. The van der Waals surface area contributed by atoms with Crippen molar-refractivity contribution in [1.82, 2.24) is 10.2 Å². The average Bonchev–Trinajstić information content (AvgIpc) is 2.38. The standard InChI is InChI=1S/C16H28N2O/c1-15(2,3)13-6-10-18(11-7-13)14(19)16(4)8-5-9-17-12-16/h6,17H,5,7-12H2,1-4H3. The number of nitrogens with one attached hydrogen (secondary N) is 1. The third-order valence-electron chi connectivity index (χ3n) is 4.57. The predicted octanol–water partition coefficient (Wildman–Crippen LogP) is 2.58. The lowest BCUT2D eigenvalue weighted by Gasteiger charge is -2.39. The van der Waals surface area contributed by atoms with Gasteiger partial charge >= 0.3 is 0 Å². The summed E-state index contributed by atoms with van der Waals surface area (Å²) in [6.07, 6.45) is 5.42. The van der Waals surface area contributed by atoms with Crippen LogP contribution in [0.5, 0.6) is 0 Å². The number of carbonyl (C=O) groups is 1. The van der Waals surface area contributed by atoms with Gasteiger partial charge in [0.1, 0.15) is 0 Å². The topological polar surface area (TPSA) is 32.3 Å². The fraction of sp³-hybridized carbons (Fsp3) is 0.812. The van der Waals surface area contributed by atoms with E-state index >= 15 is 0 Å². The van der Waals surface area contributed by atoms with E-state index in [1.165, 1.54) is 5.57 Å². The summed E-state index contributed by atoms with van der Waals surface area (Å²) in [6, 6.07) is 0. The molecule has 1 unspecified atom stereocenters. The van der Waals surface area contributed by atoms with Gasteiger partial charge in [-0.2, -0.15) is 0 Å². The summed E-state index contributed by atoms with van der Waals surface area (Å²) in [4.78, 5) is 14.7. The molecular formula is C16H28N2O. The third-order valence-corrected chi connectivity index (χ3v) is 4.57. The minimum absolute atomic E-state index is 0.189. The Morgan fingerprint density at radius 1 is 1.42 bits per heavy atom. The monoisotopic (exact) mass is 264 g/mol.